The Morgan fingerprint density at radius 3 is 2.24 bits per heavy atom. The van der Waals surface area contributed by atoms with Gasteiger partial charge in [-0.1, -0.05) is 72.3 Å². The largest absolute Gasteiger partial charge is 0.493 e. The summed E-state index contributed by atoms with van der Waals surface area (Å²) in [4.78, 5) is 2.55. The first-order chi connectivity index (χ1) is 15.7. The highest BCUT2D eigenvalue weighted by Crippen LogP contribution is 2.32. The van der Waals surface area contributed by atoms with Gasteiger partial charge in [-0.2, -0.15) is 0 Å². The monoisotopic (exact) mass is 502 g/mol. The summed E-state index contributed by atoms with van der Waals surface area (Å²) in [5.41, 5.74) is 4.95. The zero-order chi connectivity index (χ0) is 22.2. The van der Waals surface area contributed by atoms with Crippen molar-refractivity contribution in [2.45, 2.75) is 45.5 Å². The Kier molecular flexibility index (Phi) is 11.7. The molecule has 1 aliphatic heterocycles. The van der Waals surface area contributed by atoms with Crippen LogP contribution in [-0.2, 0) is 19.7 Å². The topological polar surface area (TPSA) is 33.7 Å². The number of halogens is 2. The van der Waals surface area contributed by atoms with Gasteiger partial charge in [0.1, 0.15) is 6.61 Å². The Morgan fingerprint density at radius 1 is 0.853 bits per heavy atom. The summed E-state index contributed by atoms with van der Waals surface area (Å²) in [5, 5.41) is 3.76. The smallest absolute Gasteiger partial charge is 0.166 e. The van der Waals surface area contributed by atoms with Crippen LogP contribution in [0.4, 0.5) is 0 Å². The van der Waals surface area contributed by atoms with Gasteiger partial charge in [-0.15, -0.1) is 24.8 Å². The molecule has 0 radical (unpaired) electrons. The number of para-hydroxylation sites is 1. The van der Waals surface area contributed by atoms with Crippen molar-refractivity contribution in [1.29, 1.82) is 0 Å². The minimum absolute atomic E-state index is 0. The standard InChI is InChI=1S/C28H34N2O2.2ClH/c1-22-11-13-24(14-12-22)21-32-28-25(9-6-10-27(28)31-2)19-29-26-15-17-30(18-16-26)20-23-7-4-3-5-8-23;;/h3-14,26,29H,15-21H2,1-2H3;2*1H. The fourth-order valence-corrected chi connectivity index (χ4v) is 4.26. The van der Waals surface area contributed by atoms with Gasteiger partial charge >= 0.3 is 0 Å². The molecule has 4 rings (SSSR count). The lowest BCUT2D eigenvalue weighted by Gasteiger charge is -2.32. The summed E-state index contributed by atoms with van der Waals surface area (Å²) in [5.74, 6) is 1.62. The van der Waals surface area contributed by atoms with E-state index >= 15 is 0 Å². The van der Waals surface area contributed by atoms with E-state index in [9.17, 15) is 0 Å². The number of likely N-dealkylation sites (tertiary alicyclic amines) is 1. The molecule has 3 aromatic carbocycles. The Labute approximate surface area is 216 Å². The Bertz CT molecular complexity index is 975. The minimum atomic E-state index is 0. The van der Waals surface area contributed by atoms with Crippen LogP contribution >= 0.6 is 24.8 Å². The molecule has 0 unspecified atom stereocenters. The Balaban J connectivity index is 0.00000204. The van der Waals surface area contributed by atoms with Crippen LogP contribution in [0.15, 0.2) is 72.8 Å². The first-order valence-electron chi connectivity index (χ1n) is 11.5. The molecular formula is C28H36Cl2N2O2. The van der Waals surface area contributed by atoms with Gasteiger partial charge < -0.3 is 14.8 Å². The number of piperidine rings is 1. The summed E-state index contributed by atoms with van der Waals surface area (Å²) in [6.07, 6.45) is 2.33. The lowest BCUT2D eigenvalue weighted by molar-refractivity contribution is 0.189. The molecule has 4 nitrogen and oxygen atoms in total. The summed E-state index contributed by atoms with van der Waals surface area (Å²) in [7, 11) is 1.70. The van der Waals surface area contributed by atoms with Gasteiger partial charge in [0.25, 0.3) is 0 Å². The van der Waals surface area contributed by atoms with Crippen LogP contribution in [0.25, 0.3) is 0 Å². The molecule has 1 saturated heterocycles. The summed E-state index contributed by atoms with van der Waals surface area (Å²) in [6.45, 7) is 6.71. The van der Waals surface area contributed by atoms with Crippen LogP contribution in [-0.4, -0.2) is 31.1 Å². The van der Waals surface area contributed by atoms with Crippen LogP contribution in [0.5, 0.6) is 11.5 Å². The second kappa shape index (κ2) is 14.2. The number of ether oxygens (including phenoxy) is 2. The molecule has 0 amide bonds. The first-order valence-corrected chi connectivity index (χ1v) is 11.5. The third kappa shape index (κ3) is 7.92. The second-order valence-corrected chi connectivity index (χ2v) is 8.64. The van der Waals surface area contributed by atoms with E-state index < -0.39 is 0 Å². The third-order valence-corrected chi connectivity index (χ3v) is 6.20. The second-order valence-electron chi connectivity index (χ2n) is 8.64. The third-order valence-electron chi connectivity index (χ3n) is 6.20. The molecule has 6 heteroatoms. The summed E-state index contributed by atoms with van der Waals surface area (Å²) in [6, 6.07) is 25.9. The maximum absolute atomic E-state index is 6.24. The summed E-state index contributed by atoms with van der Waals surface area (Å²) >= 11 is 0. The number of nitrogens with one attached hydrogen (secondary N) is 1. The SMILES string of the molecule is COc1cccc(CNC2CCN(Cc3ccccc3)CC2)c1OCc1ccc(C)cc1.Cl.Cl. The van der Waals surface area contributed by atoms with Gasteiger partial charge in [-0.25, -0.2) is 0 Å². The van der Waals surface area contributed by atoms with E-state index in [-0.39, 0.29) is 24.8 Å². The maximum Gasteiger partial charge on any atom is 0.166 e. The van der Waals surface area contributed by atoms with Crippen molar-refractivity contribution in [1.82, 2.24) is 10.2 Å². The van der Waals surface area contributed by atoms with E-state index in [1.807, 2.05) is 12.1 Å². The van der Waals surface area contributed by atoms with Gasteiger partial charge in [0, 0.05) is 24.7 Å². The van der Waals surface area contributed by atoms with Crippen molar-refractivity contribution < 1.29 is 9.47 Å². The number of rotatable bonds is 9. The molecule has 0 bridgehead atoms. The van der Waals surface area contributed by atoms with Crippen molar-refractivity contribution in [3.63, 3.8) is 0 Å². The molecule has 0 aromatic heterocycles. The Hall–Kier alpha value is -2.24. The minimum Gasteiger partial charge on any atom is -0.493 e. The van der Waals surface area contributed by atoms with Crippen molar-refractivity contribution in [2.75, 3.05) is 20.2 Å². The molecule has 1 N–H and O–H groups in total. The fourth-order valence-electron chi connectivity index (χ4n) is 4.26. The molecule has 1 aliphatic rings. The van der Waals surface area contributed by atoms with Crippen LogP contribution in [0.2, 0.25) is 0 Å². The van der Waals surface area contributed by atoms with E-state index in [2.05, 4.69) is 77.8 Å². The Morgan fingerprint density at radius 2 is 1.56 bits per heavy atom. The lowest BCUT2D eigenvalue weighted by atomic mass is 10.0. The molecule has 0 spiro atoms. The number of nitrogens with zero attached hydrogens (tertiary/aromatic N) is 1. The highest BCUT2D eigenvalue weighted by atomic mass is 35.5. The molecule has 1 heterocycles. The molecule has 0 atom stereocenters. The number of aryl methyl sites for hydroxylation is 1. The predicted molar refractivity (Wildman–Crippen MR) is 145 cm³/mol. The highest BCUT2D eigenvalue weighted by Gasteiger charge is 2.20. The molecule has 0 aliphatic carbocycles. The van der Waals surface area contributed by atoms with Crippen LogP contribution in [0.3, 0.4) is 0 Å². The molecule has 184 valence electrons. The normalized spacial score (nSPS) is 14.1. The van der Waals surface area contributed by atoms with E-state index in [1.54, 1.807) is 7.11 Å². The van der Waals surface area contributed by atoms with Crippen LogP contribution < -0.4 is 14.8 Å². The van der Waals surface area contributed by atoms with Gasteiger partial charge in [0.05, 0.1) is 7.11 Å². The van der Waals surface area contributed by atoms with Crippen molar-refractivity contribution in [2.24, 2.45) is 0 Å². The van der Waals surface area contributed by atoms with Crippen molar-refractivity contribution in [3.8, 4) is 11.5 Å². The number of methoxy groups -OCH3 is 1. The predicted octanol–water partition coefficient (Wildman–Crippen LogP) is 6.18. The van der Waals surface area contributed by atoms with E-state index in [0.29, 0.717) is 12.6 Å². The number of hydrogen-bond acceptors (Lipinski definition) is 4. The molecular weight excluding hydrogens is 467 g/mol. The van der Waals surface area contributed by atoms with E-state index in [0.717, 1.165) is 61.6 Å². The van der Waals surface area contributed by atoms with Crippen molar-refractivity contribution in [3.05, 3.63) is 95.1 Å². The maximum atomic E-state index is 6.24. The molecule has 3 aromatic rings. The average molecular weight is 504 g/mol. The van der Waals surface area contributed by atoms with E-state index in [4.69, 9.17) is 9.47 Å². The zero-order valence-electron chi connectivity index (χ0n) is 20.0. The molecule has 1 fully saturated rings. The fraction of sp³-hybridized carbons (Fsp3) is 0.357. The van der Waals surface area contributed by atoms with Gasteiger partial charge in [-0.05, 0) is 50.0 Å². The first kappa shape index (κ1) is 28.0. The number of benzene rings is 3. The van der Waals surface area contributed by atoms with Crippen LogP contribution in [0, 0.1) is 6.92 Å². The molecule has 0 saturated carbocycles. The zero-order valence-corrected chi connectivity index (χ0v) is 21.7. The van der Waals surface area contributed by atoms with Gasteiger partial charge in [0.15, 0.2) is 11.5 Å². The van der Waals surface area contributed by atoms with Gasteiger partial charge in [-0.3, -0.25) is 4.90 Å². The quantitative estimate of drug-likeness (QED) is 0.378. The lowest BCUT2D eigenvalue weighted by Crippen LogP contribution is -2.41. The number of hydrogen-bond donors (Lipinski definition) is 1. The highest BCUT2D eigenvalue weighted by molar-refractivity contribution is 5.85. The van der Waals surface area contributed by atoms with Crippen LogP contribution in [0.1, 0.15) is 35.1 Å². The van der Waals surface area contributed by atoms with Crippen molar-refractivity contribution >= 4 is 24.8 Å². The van der Waals surface area contributed by atoms with Gasteiger partial charge in [0.2, 0.25) is 0 Å². The van der Waals surface area contributed by atoms with E-state index in [1.165, 1.54) is 11.1 Å². The molecule has 34 heavy (non-hydrogen) atoms. The summed E-state index contributed by atoms with van der Waals surface area (Å²) < 4.78 is 11.8. The average Bonchev–Trinajstić information content (AvgIpc) is 2.84.